The molecule has 1 amide bonds. The molecule has 1 N–H and O–H groups in total. The van der Waals surface area contributed by atoms with Crippen molar-refractivity contribution < 1.29 is 22.7 Å². The standard InChI is InChI=1S/C18H14F3N3O2S/c19-18(20,21)26-14-5-3-13(4-6-14)17-24-11-15(27-17)8-16(25)23-10-12-2-1-7-22-9-12/h1-7,9,11H,8,10H2,(H,23,25). The lowest BCUT2D eigenvalue weighted by Gasteiger charge is -2.08. The van der Waals surface area contributed by atoms with Crippen LogP contribution in [0.15, 0.2) is 55.0 Å². The molecule has 0 atom stereocenters. The average Bonchev–Trinajstić information content (AvgIpc) is 3.08. The lowest BCUT2D eigenvalue weighted by molar-refractivity contribution is -0.274. The van der Waals surface area contributed by atoms with E-state index in [1.54, 1.807) is 24.7 Å². The number of thiazole rings is 1. The number of pyridine rings is 1. The van der Waals surface area contributed by atoms with Gasteiger partial charge in [-0.1, -0.05) is 6.07 Å². The van der Waals surface area contributed by atoms with Gasteiger partial charge in [0.1, 0.15) is 10.8 Å². The Morgan fingerprint density at radius 3 is 2.59 bits per heavy atom. The molecule has 0 aliphatic rings. The van der Waals surface area contributed by atoms with Crippen molar-refractivity contribution >= 4 is 17.2 Å². The second-order valence-electron chi connectivity index (χ2n) is 5.52. The number of rotatable bonds is 6. The number of alkyl halides is 3. The molecule has 9 heteroatoms. The van der Waals surface area contributed by atoms with E-state index >= 15 is 0 Å². The summed E-state index contributed by atoms with van der Waals surface area (Å²) in [5, 5.41) is 3.42. The lowest BCUT2D eigenvalue weighted by atomic mass is 10.2. The summed E-state index contributed by atoms with van der Waals surface area (Å²) in [4.78, 5) is 21.0. The average molecular weight is 393 g/mol. The topological polar surface area (TPSA) is 64.1 Å². The first-order valence-corrected chi connectivity index (χ1v) is 8.67. The largest absolute Gasteiger partial charge is 0.573 e. The van der Waals surface area contributed by atoms with Gasteiger partial charge in [-0.15, -0.1) is 24.5 Å². The molecule has 0 fully saturated rings. The van der Waals surface area contributed by atoms with Crippen LogP contribution in [0.25, 0.3) is 10.6 Å². The molecule has 3 rings (SSSR count). The molecule has 0 spiro atoms. The van der Waals surface area contributed by atoms with Crippen molar-refractivity contribution in [2.45, 2.75) is 19.3 Å². The van der Waals surface area contributed by atoms with E-state index in [0.29, 0.717) is 17.1 Å². The van der Waals surface area contributed by atoms with Crippen LogP contribution >= 0.6 is 11.3 Å². The minimum atomic E-state index is -4.72. The number of benzene rings is 1. The first-order valence-electron chi connectivity index (χ1n) is 7.85. The Bertz CT molecular complexity index is 896. The second-order valence-corrected chi connectivity index (χ2v) is 6.63. The van der Waals surface area contributed by atoms with Gasteiger partial charge in [0.05, 0.1) is 6.42 Å². The van der Waals surface area contributed by atoms with E-state index in [9.17, 15) is 18.0 Å². The first kappa shape index (κ1) is 18.8. The van der Waals surface area contributed by atoms with E-state index in [2.05, 4.69) is 20.0 Å². The second kappa shape index (κ2) is 8.17. The van der Waals surface area contributed by atoms with Gasteiger partial charge >= 0.3 is 6.36 Å². The number of carbonyl (C=O) groups excluding carboxylic acids is 1. The van der Waals surface area contributed by atoms with E-state index in [0.717, 1.165) is 10.4 Å². The Balaban J connectivity index is 1.57. The van der Waals surface area contributed by atoms with Crippen LogP contribution in [0, 0.1) is 0 Å². The summed E-state index contributed by atoms with van der Waals surface area (Å²) in [6.07, 6.45) is 0.374. The molecular formula is C18H14F3N3O2S. The number of carbonyl (C=O) groups is 1. The maximum atomic E-state index is 12.2. The van der Waals surface area contributed by atoms with Crippen molar-refractivity contribution in [3.63, 3.8) is 0 Å². The van der Waals surface area contributed by atoms with Crippen LogP contribution in [0.3, 0.4) is 0 Å². The summed E-state index contributed by atoms with van der Waals surface area (Å²) in [6, 6.07) is 9.10. The Hall–Kier alpha value is -2.94. The van der Waals surface area contributed by atoms with Crippen LogP contribution in [0.4, 0.5) is 13.2 Å². The van der Waals surface area contributed by atoms with Gasteiger partial charge in [-0.05, 0) is 35.9 Å². The highest BCUT2D eigenvalue weighted by atomic mass is 32.1. The number of ether oxygens (including phenoxy) is 1. The Kier molecular flexibility index (Phi) is 5.70. The highest BCUT2D eigenvalue weighted by Gasteiger charge is 2.31. The maximum absolute atomic E-state index is 12.2. The van der Waals surface area contributed by atoms with Gasteiger partial charge in [0, 0.05) is 35.6 Å². The van der Waals surface area contributed by atoms with Gasteiger partial charge < -0.3 is 10.1 Å². The fourth-order valence-corrected chi connectivity index (χ4v) is 3.16. The third-order valence-corrected chi connectivity index (χ3v) is 4.48. The monoisotopic (exact) mass is 393 g/mol. The molecule has 1 aromatic carbocycles. The van der Waals surface area contributed by atoms with Gasteiger partial charge in [-0.25, -0.2) is 4.98 Å². The molecule has 5 nitrogen and oxygen atoms in total. The zero-order valence-electron chi connectivity index (χ0n) is 13.9. The Morgan fingerprint density at radius 2 is 1.93 bits per heavy atom. The molecule has 0 aliphatic carbocycles. The SMILES string of the molecule is O=C(Cc1cnc(-c2ccc(OC(F)(F)F)cc2)s1)NCc1cccnc1. The summed E-state index contributed by atoms with van der Waals surface area (Å²) < 4.78 is 40.4. The molecule has 2 heterocycles. The fraction of sp³-hybridized carbons (Fsp3) is 0.167. The van der Waals surface area contributed by atoms with Crippen LogP contribution in [-0.2, 0) is 17.8 Å². The quantitative estimate of drug-likeness (QED) is 0.689. The predicted molar refractivity (Wildman–Crippen MR) is 94.0 cm³/mol. The summed E-state index contributed by atoms with van der Waals surface area (Å²) in [5.41, 5.74) is 1.55. The van der Waals surface area contributed by atoms with Crippen molar-refractivity contribution in [1.29, 1.82) is 0 Å². The Labute approximate surface area is 156 Å². The predicted octanol–water partition coefficient (Wildman–Crippen LogP) is 3.96. The molecule has 0 unspecified atom stereocenters. The highest BCUT2D eigenvalue weighted by molar-refractivity contribution is 7.15. The minimum absolute atomic E-state index is 0.150. The molecule has 140 valence electrons. The molecule has 0 radical (unpaired) electrons. The van der Waals surface area contributed by atoms with Crippen LogP contribution in [0.1, 0.15) is 10.4 Å². The molecule has 3 aromatic rings. The van der Waals surface area contributed by atoms with Crippen molar-refractivity contribution in [2.75, 3.05) is 0 Å². The molecule has 0 aliphatic heterocycles. The van der Waals surface area contributed by atoms with E-state index in [1.165, 1.54) is 35.6 Å². The normalized spacial score (nSPS) is 11.2. The number of hydrogen-bond acceptors (Lipinski definition) is 5. The zero-order chi connectivity index (χ0) is 19.3. The van der Waals surface area contributed by atoms with Gasteiger partial charge in [-0.2, -0.15) is 0 Å². The van der Waals surface area contributed by atoms with E-state index in [1.807, 2.05) is 6.07 Å². The maximum Gasteiger partial charge on any atom is 0.573 e. The van der Waals surface area contributed by atoms with Crippen molar-refractivity contribution in [3.05, 3.63) is 65.4 Å². The summed E-state index contributed by atoms with van der Waals surface area (Å²) in [6.45, 7) is 0.388. The smallest absolute Gasteiger partial charge is 0.406 e. The summed E-state index contributed by atoms with van der Waals surface area (Å²) >= 11 is 1.31. The molecular weight excluding hydrogens is 379 g/mol. The van der Waals surface area contributed by atoms with Crippen molar-refractivity contribution in [2.24, 2.45) is 0 Å². The van der Waals surface area contributed by atoms with Gasteiger partial charge in [-0.3, -0.25) is 9.78 Å². The number of nitrogens with zero attached hydrogens (tertiary/aromatic N) is 2. The zero-order valence-corrected chi connectivity index (χ0v) is 14.7. The van der Waals surface area contributed by atoms with E-state index < -0.39 is 6.36 Å². The van der Waals surface area contributed by atoms with Crippen LogP contribution in [0.2, 0.25) is 0 Å². The third-order valence-electron chi connectivity index (χ3n) is 3.44. The van der Waals surface area contributed by atoms with E-state index in [-0.39, 0.29) is 18.1 Å². The number of halogens is 3. The number of amides is 1. The number of hydrogen-bond donors (Lipinski definition) is 1. The van der Waals surface area contributed by atoms with Crippen molar-refractivity contribution in [3.8, 4) is 16.3 Å². The molecule has 2 aromatic heterocycles. The van der Waals surface area contributed by atoms with Crippen molar-refractivity contribution in [1.82, 2.24) is 15.3 Å². The lowest BCUT2D eigenvalue weighted by Crippen LogP contribution is -2.24. The van der Waals surface area contributed by atoms with E-state index in [4.69, 9.17) is 0 Å². The molecule has 27 heavy (non-hydrogen) atoms. The number of nitrogens with one attached hydrogen (secondary N) is 1. The van der Waals surface area contributed by atoms with Crippen LogP contribution < -0.4 is 10.1 Å². The third kappa shape index (κ3) is 5.78. The summed E-state index contributed by atoms with van der Waals surface area (Å²) in [7, 11) is 0. The Morgan fingerprint density at radius 1 is 1.15 bits per heavy atom. The minimum Gasteiger partial charge on any atom is -0.406 e. The number of aromatic nitrogens is 2. The van der Waals surface area contributed by atoms with Crippen LogP contribution in [0.5, 0.6) is 5.75 Å². The molecule has 0 bridgehead atoms. The van der Waals surface area contributed by atoms with Gasteiger partial charge in [0.15, 0.2) is 0 Å². The van der Waals surface area contributed by atoms with Gasteiger partial charge in [0.2, 0.25) is 5.91 Å². The molecule has 0 saturated heterocycles. The first-order chi connectivity index (χ1) is 12.9. The van der Waals surface area contributed by atoms with Gasteiger partial charge in [0.25, 0.3) is 0 Å². The highest BCUT2D eigenvalue weighted by Crippen LogP contribution is 2.29. The summed E-state index contributed by atoms with van der Waals surface area (Å²) in [5.74, 6) is -0.444. The molecule has 0 saturated carbocycles. The fourth-order valence-electron chi connectivity index (χ4n) is 2.25. The van der Waals surface area contributed by atoms with Crippen LogP contribution in [-0.4, -0.2) is 22.2 Å².